The van der Waals surface area contributed by atoms with Crippen molar-refractivity contribution in [2.24, 2.45) is 10.2 Å². The van der Waals surface area contributed by atoms with E-state index in [2.05, 4.69) is 29.0 Å². The number of azo groups is 1. The van der Waals surface area contributed by atoms with Crippen molar-refractivity contribution in [2.75, 3.05) is 32.2 Å². The van der Waals surface area contributed by atoms with Crippen LogP contribution < -0.4 is 14.4 Å². The second-order valence-corrected chi connectivity index (χ2v) is 5.34. The Hall–Kier alpha value is -3.16. The minimum Gasteiger partial charge on any atom is -0.494 e. The van der Waals surface area contributed by atoms with E-state index in [4.69, 9.17) is 9.47 Å². The van der Waals surface area contributed by atoms with Gasteiger partial charge in [0.25, 0.3) is 5.69 Å². The van der Waals surface area contributed by atoms with Crippen LogP contribution in [0.5, 0.6) is 11.5 Å². The molecule has 0 unspecified atom stereocenters. The van der Waals surface area contributed by atoms with Gasteiger partial charge in [0.2, 0.25) is 0 Å². The fourth-order valence-corrected chi connectivity index (χ4v) is 2.51. The van der Waals surface area contributed by atoms with E-state index in [0.29, 0.717) is 22.9 Å². The molecule has 138 valence electrons. The van der Waals surface area contributed by atoms with Crippen LogP contribution in [-0.4, -0.2) is 32.2 Å². The molecule has 0 radical (unpaired) electrons. The third-order valence-corrected chi connectivity index (χ3v) is 3.92. The van der Waals surface area contributed by atoms with Gasteiger partial charge in [0.15, 0.2) is 0 Å². The Morgan fingerprint density at radius 2 is 1.62 bits per heavy atom. The molecule has 0 aromatic heterocycles. The molecule has 0 spiro atoms. The number of rotatable bonds is 8. The van der Waals surface area contributed by atoms with Crippen LogP contribution in [0.2, 0.25) is 0 Å². The maximum Gasteiger partial charge on any atom is 0.269 e. The lowest BCUT2D eigenvalue weighted by Gasteiger charge is -2.24. The van der Waals surface area contributed by atoms with Gasteiger partial charge in [-0.15, -0.1) is 5.11 Å². The van der Waals surface area contributed by atoms with Crippen molar-refractivity contribution in [3.05, 3.63) is 46.5 Å². The number of hydrogen-bond acceptors (Lipinski definition) is 7. The molecule has 0 aliphatic carbocycles. The van der Waals surface area contributed by atoms with Crippen molar-refractivity contribution in [2.45, 2.75) is 13.8 Å². The first-order chi connectivity index (χ1) is 12.5. The van der Waals surface area contributed by atoms with Gasteiger partial charge in [0, 0.05) is 37.4 Å². The lowest BCUT2D eigenvalue weighted by Crippen LogP contribution is -2.22. The predicted molar refractivity (Wildman–Crippen MR) is 100 cm³/mol. The van der Waals surface area contributed by atoms with Gasteiger partial charge in [-0.05, 0) is 26.0 Å². The molecule has 0 heterocycles. The summed E-state index contributed by atoms with van der Waals surface area (Å²) in [6.07, 6.45) is 0. The average molecular weight is 358 g/mol. The average Bonchev–Trinajstić information content (AvgIpc) is 2.67. The van der Waals surface area contributed by atoms with Crippen molar-refractivity contribution in [3.8, 4) is 11.5 Å². The van der Waals surface area contributed by atoms with Crippen LogP contribution >= 0.6 is 0 Å². The predicted octanol–water partition coefficient (Wildman–Crippen LogP) is 4.87. The van der Waals surface area contributed by atoms with Gasteiger partial charge in [-0.25, -0.2) is 0 Å². The summed E-state index contributed by atoms with van der Waals surface area (Å²) in [6.45, 7) is 5.80. The Balaban J connectivity index is 2.37. The summed E-state index contributed by atoms with van der Waals surface area (Å²) in [7, 11) is 3.17. The summed E-state index contributed by atoms with van der Waals surface area (Å²) in [6, 6.07) is 9.48. The van der Waals surface area contributed by atoms with Crippen LogP contribution in [-0.2, 0) is 0 Å². The first-order valence-electron chi connectivity index (χ1n) is 8.21. The largest absolute Gasteiger partial charge is 0.494 e. The van der Waals surface area contributed by atoms with Crippen molar-refractivity contribution < 1.29 is 14.4 Å². The van der Waals surface area contributed by atoms with Gasteiger partial charge >= 0.3 is 0 Å². The number of anilines is 1. The van der Waals surface area contributed by atoms with Gasteiger partial charge < -0.3 is 14.4 Å². The second-order valence-electron chi connectivity index (χ2n) is 5.34. The van der Waals surface area contributed by atoms with Crippen molar-refractivity contribution in [1.82, 2.24) is 0 Å². The number of ether oxygens (including phenoxy) is 2. The highest BCUT2D eigenvalue weighted by Crippen LogP contribution is 2.40. The number of nitrogens with zero attached hydrogens (tertiary/aromatic N) is 4. The van der Waals surface area contributed by atoms with E-state index in [1.165, 1.54) is 24.3 Å². The van der Waals surface area contributed by atoms with Crippen LogP contribution in [0.3, 0.4) is 0 Å². The molecule has 8 heteroatoms. The van der Waals surface area contributed by atoms with Crippen molar-refractivity contribution in [1.29, 1.82) is 0 Å². The molecular formula is C18H22N4O4. The fraction of sp³-hybridized carbons (Fsp3) is 0.333. The molecule has 0 saturated carbocycles. The van der Waals surface area contributed by atoms with Crippen LogP contribution in [0, 0.1) is 10.1 Å². The number of benzene rings is 2. The number of nitro benzene ring substituents is 1. The summed E-state index contributed by atoms with van der Waals surface area (Å²) >= 11 is 0. The molecule has 0 amide bonds. The zero-order valence-electron chi connectivity index (χ0n) is 15.3. The first kappa shape index (κ1) is 19.2. The molecule has 0 fully saturated rings. The summed E-state index contributed by atoms with van der Waals surface area (Å²) in [5, 5.41) is 19.0. The Morgan fingerprint density at radius 1 is 1.00 bits per heavy atom. The smallest absolute Gasteiger partial charge is 0.269 e. The third kappa shape index (κ3) is 4.27. The molecule has 2 rings (SSSR count). The standard InChI is InChI=1S/C18H22N4O4/c1-5-21(6-2)16-12-17(25-3)15(11-18(16)26-4)20-19-13-7-9-14(10-8-13)22(23)24/h7-12H,5-6H2,1-4H3. The highest BCUT2D eigenvalue weighted by Gasteiger charge is 2.15. The topological polar surface area (TPSA) is 89.6 Å². The molecular weight excluding hydrogens is 336 g/mol. The fourth-order valence-electron chi connectivity index (χ4n) is 2.51. The van der Waals surface area contributed by atoms with E-state index in [1.54, 1.807) is 20.3 Å². The Morgan fingerprint density at radius 3 is 2.12 bits per heavy atom. The summed E-state index contributed by atoms with van der Waals surface area (Å²) < 4.78 is 10.9. The van der Waals surface area contributed by atoms with Crippen molar-refractivity contribution >= 4 is 22.7 Å². The Bertz CT molecular complexity index is 787. The Kier molecular flexibility index (Phi) is 6.48. The minimum atomic E-state index is -0.458. The van der Waals surface area contributed by atoms with E-state index in [1.807, 2.05) is 6.07 Å². The molecule has 0 aliphatic heterocycles. The van der Waals surface area contributed by atoms with Crippen molar-refractivity contribution in [3.63, 3.8) is 0 Å². The third-order valence-electron chi connectivity index (χ3n) is 3.92. The number of hydrogen-bond donors (Lipinski definition) is 0. The molecule has 2 aromatic carbocycles. The highest BCUT2D eigenvalue weighted by atomic mass is 16.6. The molecule has 0 saturated heterocycles. The van der Waals surface area contributed by atoms with Gasteiger partial charge in [0.05, 0.1) is 30.5 Å². The van der Waals surface area contributed by atoms with Crippen LogP contribution in [0.15, 0.2) is 46.6 Å². The quantitative estimate of drug-likeness (QED) is 0.381. The van der Waals surface area contributed by atoms with Gasteiger partial charge in [-0.3, -0.25) is 10.1 Å². The van der Waals surface area contributed by atoms with Gasteiger partial charge in [-0.1, -0.05) is 0 Å². The molecule has 0 atom stereocenters. The van der Waals surface area contributed by atoms with E-state index in [9.17, 15) is 10.1 Å². The SMILES string of the molecule is CCN(CC)c1cc(OC)c(N=Nc2ccc([N+](=O)[O-])cc2)cc1OC. The van der Waals surface area contributed by atoms with Crippen LogP contribution in [0.25, 0.3) is 0 Å². The zero-order chi connectivity index (χ0) is 19.1. The zero-order valence-corrected chi connectivity index (χ0v) is 15.3. The molecule has 8 nitrogen and oxygen atoms in total. The lowest BCUT2D eigenvalue weighted by molar-refractivity contribution is -0.384. The lowest BCUT2D eigenvalue weighted by atomic mass is 10.2. The van der Waals surface area contributed by atoms with Gasteiger partial charge in [0.1, 0.15) is 17.2 Å². The monoisotopic (exact) mass is 358 g/mol. The maximum atomic E-state index is 10.7. The van der Waals surface area contributed by atoms with E-state index in [-0.39, 0.29) is 5.69 Å². The summed E-state index contributed by atoms with van der Waals surface area (Å²) in [5.74, 6) is 1.24. The number of methoxy groups -OCH3 is 2. The summed E-state index contributed by atoms with van der Waals surface area (Å²) in [4.78, 5) is 12.4. The minimum absolute atomic E-state index is 0.00627. The number of non-ortho nitro benzene ring substituents is 1. The second kappa shape index (κ2) is 8.80. The maximum absolute atomic E-state index is 10.7. The molecule has 2 aromatic rings. The highest BCUT2D eigenvalue weighted by molar-refractivity contribution is 5.70. The Labute approximate surface area is 152 Å². The molecule has 0 bridgehead atoms. The molecule has 0 aliphatic rings. The van der Waals surface area contributed by atoms with Crippen LogP contribution in [0.1, 0.15) is 13.8 Å². The number of nitro groups is 1. The molecule has 26 heavy (non-hydrogen) atoms. The first-order valence-corrected chi connectivity index (χ1v) is 8.21. The van der Waals surface area contributed by atoms with Crippen LogP contribution in [0.4, 0.5) is 22.7 Å². The van der Waals surface area contributed by atoms with E-state index in [0.717, 1.165) is 18.8 Å². The van der Waals surface area contributed by atoms with E-state index < -0.39 is 4.92 Å². The van der Waals surface area contributed by atoms with Gasteiger partial charge in [-0.2, -0.15) is 5.11 Å². The summed E-state index contributed by atoms with van der Waals surface area (Å²) in [5.41, 5.74) is 1.94. The van der Waals surface area contributed by atoms with E-state index >= 15 is 0 Å². The normalized spacial score (nSPS) is 10.8. The molecule has 0 N–H and O–H groups in total.